The van der Waals surface area contributed by atoms with Crippen molar-refractivity contribution >= 4 is 5.91 Å². The number of piperidine rings is 3. The third-order valence-corrected chi connectivity index (χ3v) is 6.85. The molecule has 1 N–H and O–H groups in total. The summed E-state index contributed by atoms with van der Waals surface area (Å²) < 4.78 is 2.05. The van der Waals surface area contributed by atoms with E-state index in [1.54, 1.807) is 0 Å². The average Bonchev–Trinajstić information content (AvgIpc) is 3.09. The van der Waals surface area contributed by atoms with Crippen LogP contribution in [0.25, 0.3) is 0 Å². The van der Waals surface area contributed by atoms with E-state index in [1.165, 1.54) is 32.1 Å². The van der Waals surface area contributed by atoms with E-state index in [0.29, 0.717) is 12.0 Å². The van der Waals surface area contributed by atoms with Gasteiger partial charge < -0.3 is 5.32 Å². The molecule has 1 aromatic heterocycles. The molecular weight excluding hydrogens is 338 g/mol. The number of amides is 1. The predicted octanol–water partition coefficient (Wildman–Crippen LogP) is 2.64. The van der Waals surface area contributed by atoms with E-state index in [9.17, 15) is 4.79 Å². The van der Waals surface area contributed by atoms with Crippen molar-refractivity contribution in [3.63, 3.8) is 0 Å². The lowest BCUT2D eigenvalue weighted by Gasteiger charge is -2.49. The van der Waals surface area contributed by atoms with Gasteiger partial charge in [-0.2, -0.15) is 0 Å². The molecule has 6 heteroatoms. The van der Waals surface area contributed by atoms with Crippen LogP contribution in [0.3, 0.4) is 0 Å². The molecule has 1 aliphatic carbocycles. The van der Waals surface area contributed by atoms with E-state index in [2.05, 4.69) is 26.7 Å². The average molecular weight is 374 g/mol. The lowest BCUT2D eigenvalue weighted by molar-refractivity contribution is -0.133. The molecule has 5 rings (SSSR count). The fourth-order valence-corrected chi connectivity index (χ4v) is 5.44. The summed E-state index contributed by atoms with van der Waals surface area (Å²) in [5.74, 6) is 1.73. The van der Waals surface area contributed by atoms with Gasteiger partial charge in [-0.15, -0.1) is 5.10 Å². The molecule has 4 aliphatic rings. The van der Waals surface area contributed by atoms with Gasteiger partial charge in [-0.1, -0.05) is 37.3 Å². The monoisotopic (exact) mass is 373 g/mol. The van der Waals surface area contributed by atoms with Crippen LogP contribution < -0.4 is 5.32 Å². The Morgan fingerprint density at radius 3 is 2.78 bits per heavy atom. The zero-order valence-electron chi connectivity index (χ0n) is 16.9. The second kappa shape index (κ2) is 8.29. The van der Waals surface area contributed by atoms with Gasteiger partial charge in [0, 0.05) is 24.8 Å². The molecule has 0 spiro atoms. The van der Waals surface area contributed by atoms with Gasteiger partial charge in [0.05, 0.1) is 18.2 Å². The molecule has 4 fully saturated rings. The van der Waals surface area contributed by atoms with Crippen molar-refractivity contribution in [3.05, 3.63) is 11.9 Å². The number of carbonyl (C=O) groups excluding carboxylic acids is 1. The zero-order chi connectivity index (χ0) is 18.8. The van der Waals surface area contributed by atoms with Crippen LogP contribution in [0, 0.1) is 17.8 Å². The Balaban J connectivity index is 1.31. The number of fused-ring (bicyclic) bond motifs is 3. The molecule has 0 radical (unpaired) electrons. The maximum atomic E-state index is 12.5. The smallest absolute Gasteiger partial charge is 0.224 e. The van der Waals surface area contributed by atoms with E-state index in [1.807, 2.05) is 18.5 Å². The first-order valence-electron chi connectivity index (χ1n) is 11.0. The number of rotatable bonds is 6. The van der Waals surface area contributed by atoms with Crippen LogP contribution in [-0.2, 0) is 17.8 Å². The lowest BCUT2D eigenvalue weighted by atomic mass is 9.75. The molecule has 1 aromatic rings. The van der Waals surface area contributed by atoms with Crippen molar-refractivity contribution in [1.29, 1.82) is 0 Å². The number of aromatic nitrogens is 3. The Kier molecular flexibility index (Phi) is 5.81. The highest BCUT2D eigenvalue weighted by Crippen LogP contribution is 2.37. The van der Waals surface area contributed by atoms with Crippen molar-refractivity contribution < 1.29 is 4.79 Å². The molecule has 2 bridgehead atoms. The van der Waals surface area contributed by atoms with Gasteiger partial charge in [-0.3, -0.25) is 14.4 Å². The van der Waals surface area contributed by atoms with E-state index < -0.39 is 0 Å². The van der Waals surface area contributed by atoms with Crippen molar-refractivity contribution in [2.75, 3.05) is 13.1 Å². The van der Waals surface area contributed by atoms with Gasteiger partial charge >= 0.3 is 0 Å². The summed E-state index contributed by atoms with van der Waals surface area (Å²) in [5.41, 5.74) is 1.16. The summed E-state index contributed by atoms with van der Waals surface area (Å²) in [6, 6.07) is 0.720. The molecule has 150 valence electrons. The summed E-state index contributed by atoms with van der Waals surface area (Å²) in [5, 5.41) is 12.0. The maximum Gasteiger partial charge on any atom is 0.224 e. The molecule has 4 atom stereocenters. The molecule has 3 saturated heterocycles. The van der Waals surface area contributed by atoms with Crippen LogP contribution in [0.5, 0.6) is 0 Å². The van der Waals surface area contributed by atoms with E-state index in [0.717, 1.165) is 50.5 Å². The Bertz CT molecular complexity index is 636. The summed E-state index contributed by atoms with van der Waals surface area (Å²) in [6.45, 7) is 7.00. The van der Waals surface area contributed by atoms with E-state index >= 15 is 0 Å². The summed E-state index contributed by atoms with van der Waals surface area (Å²) in [7, 11) is 0. The first-order valence-corrected chi connectivity index (χ1v) is 11.0. The van der Waals surface area contributed by atoms with Crippen LogP contribution >= 0.6 is 0 Å². The van der Waals surface area contributed by atoms with Crippen LogP contribution in [-0.4, -0.2) is 51.0 Å². The van der Waals surface area contributed by atoms with Crippen molar-refractivity contribution in [2.45, 2.75) is 83.8 Å². The molecular formula is C21H35N5O. The molecule has 1 amide bonds. The highest BCUT2D eigenvalue weighted by molar-refractivity contribution is 5.79. The zero-order valence-corrected chi connectivity index (χ0v) is 16.9. The summed E-state index contributed by atoms with van der Waals surface area (Å²) >= 11 is 0. The normalized spacial score (nSPS) is 31.4. The van der Waals surface area contributed by atoms with Crippen molar-refractivity contribution in [3.8, 4) is 0 Å². The number of carbonyl (C=O) groups is 1. The molecule has 4 heterocycles. The molecule has 1 saturated carbocycles. The first-order chi connectivity index (χ1) is 13.1. The Labute approximate surface area is 163 Å². The van der Waals surface area contributed by atoms with Gasteiger partial charge in [-0.05, 0) is 51.5 Å². The third-order valence-electron chi connectivity index (χ3n) is 6.85. The number of hydrogen-bond acceptors (Lipinski definition) is 4. The number of hydrogen-bond donors (Lipinski definition) is 1. The third kappa shape index (κ3) is 4.53. The summed E-state index contributed by atoms with van der Waals surface area (Å²) in [4.78, 5) is 15.0. The molecule has 1 unspecified atom stereocenters. The molecule has 0 aromatic carbocycles. The minimum absolute atomic E-state index is 0.162. The van der Waals surface area contributed by atoms with E-state index in [4.69, 9.17) is 0 Å². The predicted molar refractivity (Wildman–Crippen MR) is 105 cm³/mol. The first kappa shape index (κ1) is 18.9. The fourth-order valence-electron chi connectivity index (χ4n) is 5.44. The lowest BCUT2D eigenvalue weighted by Crippen LogP contribution is -2.58. The summed E-state index contributed by atoms with van der Waals surface area (Å²) in [6.07, 6.45) is 12.4. The Hall–Kier alpha value is -1.43. The minimum Gasteiger partial charge on any atom is -0.354 e. The maximum absolute atomic E-state index is 12.5. The fraction of sp³-hybridized carbons (Fsp3) is 0.857. The molecule has 3 aliphatic heterocycles. The topological polar surface area (TPSA) is 63.1 Å². The van der Waals surface area contributed by atoms with Crippen molar-refractivity contribution in [1.82, 2.24) is 25.2 Å². The van der Waals surface area contributed by atoms with Crippen LogP contribution in [0.15, 0.2) is 6.20 Å². The van der Waals surface area contributed by atoms with E-state index in [-0.39, 0.29) is 17.9 Å². The Morgan fingerprint density at radius 2 is 2.07 bits per heavy atom. The molecule has 27 heavy (non-hydrogen) atoms. The van der Waals surface area contributed by atoms with Gasteiger partial charge in [0.2, 0.25) is 5.91 Å². The highest BCUT2D eigenvalue weighted by Gasteiger charge is 2.43. The second-order valence-electron chi connectivity index (χ2n) is 9.34. The van der Waals surface area contributed by atoms with Crippen LogP contribution in [0.2, 0.25) is 0 Å². The largest absolute Gasteiger partial charge is 0.354 e. The number of nitrogens with zero attached hydrogens (tertiary/aromatic N) is 4. The standard InChI is InChI=1S/C21H35N5O/c1-15(2)22-21(27)20-14-25-9-8-17(20)11-19(25)13-26-12-18(23-24-26)10-16-6-4-3-5-7-16/h12,15-17,19-20H,3-11,13-14H2,1-2H3,(H,22,27)/t17-,19-,20-/m1/s1. The van der Waals surface area contributed by atoms with Crippen LogP contribution in [0.1, 0.15) is 64.5 Å². The quantitative estimate of drug-likeness (QED) is 0.833. The highest BCUT2D eigenvalue weighted by atomic mass is 16.2. The second-order valence-corrected chi connectivity index (χ2v) is 9.34. The van der Waals surface area contributed by atoms with Gasteiger partial charge in [0.15, 0.2) is 0 Å². The number of nitrogens with one attached hydrogen (secondary N) is 1. The van der Waals surface area contributed by atoms with Gasteiger partial charge in [0.1, 0.15) is 0 Å². The van der Waals surface area contributed by atoms with Gasteiger partial charge in [0.25, 0.3) is 0 Å². The van der Waals surface area contributed by atoms with Crippen LogP contribution in [0.4, 0.5) is 0 Å². The van der Waals surface area contributed by atoms with Crippen molar-refractivity contribution in [2.24, 2.45) is 17.8 Å². The molecule has 6 nitrogen and oxygen atoms in total. The van der Waals surface area contributed by atoms with Gasteiger partial charge in [-0.25, -0.2) is 0 Å². The Morgan fingerprint density at radius 1 is 1.26 bits per heavy atom. The minimum atomic E-state index is 0.162. The SMILES string of the molecule is CC(C)NC(=O)[C@@H]1CN2CC[C@@H]1C[C@@H]2Cn1cc(CC2CCCCC2)nn1.